The summed E-state index contributed by atoms with van der Waals surface area (Å²) in [7, 11) is 0. The highest BCUT2D eigenvalue weighted by atomic mass is 16.4. The van der Waals surface area contributed by atoms with Gasteiger partial charge in [-0.25, -0.2) is 0 Å². The van der Waals surface area contributed by atoms with Gasteiger partial charge in [0.05, 0.1) is 12.8 Å². The molecule has 4 aromatic rings. The Hall–Kier alpha value is -3.44. The molecular formula is C18H20N8O3. The summed E-state index contributed by atoms with van der Waals surface area (Å²) in [6.45, 7) is 3.78. The van der Waals surface area contributed by atoms with Gasteiger partial charge in [-0.15, -0.1) is 5.10 Å². The van der Waals surface area contributed by atoms with Crippen LogP contribution in [0.1, 0.15) is 11.5 Å². The highest BCUT2D eigenvalue weighted by molar-refractivity contribution is 5.53. The lowest BCUT2D eigenvalue weighted by Crippen LogP contribution is -2.46. The molecule has 0 bridgehead atoms. The predicted octanol–water partition coefficient (Wildman–Crippen LogP) is 0.769. The minimum Gasteiger partial charge on any atom is -0.462 e. The van der Waals surface area contributed by atoms with E-state index in [0.717, 1.165) is 31.9 Å². The largest absolute Gasteiger partial charge is 0.462 e. The molecule has 0 aromatic carbocycles. The van der Waals surface area contributed by atoms with Crippen molar-refractivity contribution in [2.24, 2.45) is 0 Å². The number of furan rings is 2. The monoisotopic (exact) mass is 396 g/mol. The first-order valence-corrected chi connectivity index (χ1v) is 9.29. The van der Waals surface area contributed by atoms with Crippen LogP contribution in [0.3, 0.4) is 0 Å². The lowest BCUT2D eigenvalue weighted by atomic mass is 10.3. The Morgan fingerprint density at radius 2 is 1.86 bits per heavy atom. The van der Waals surface area contributed by atoms with Crippen molar-refractivity contribution in [2.45, 2.75) is 13.2 Å². The maximum atomic E-state index is 9.12. The van der Waals surface area contributed by atoms with Gasteiger partial charge >= 0.3 is 0 Å². The van der Waals surface area contributed by atoms with Gasteiger partial charge in [0.2, 0.25) is 17.7 Å². The number of hydrogen-bond donors (Lipinski definition) is 2. The number of fused-ring (bicyclic) bond motifs is 1. The Kier molecular flexibility index (Phi) is 4.37. The van der Waals surface area contributed by atoms with Gasteiger partial charge in [-0.2, -0.15) is 19.5 Å². The number of aliphatic hydroxyl groups is 1. The Morgan fingerprint density at radius 1 is 1.03 bits per heavy atom. The van der Waals surface area contributed by atoms with Gasteiger partial charge in [0, 0.05) is 26.2 Å². The van der Waals surface area contributed by atoms with Crippen molar-refractivity contribution in [1.29, 1.82) is 0 Å². The van der Waals surface area contributed by atoms with E-state index < -0.39 is 0 Å². The van der Waals surface area contributed by atoms with Gasteiger partial charge in [-0.1, -0.05) is 0 Å². The fourth-order valence-electron chi connectivity index (χ4n) is 3.36. The van der Waals surface area contributed by atoms with E-state index >= 15 is 0 Å². The first-order valence-electron chi connectivity index (χ1n) is 9.29. The van der Waals surface area contributed by atoms with Crippen molar-refractivity contribution in [3.05, 3.63) is 42.0 Å². The smallest absolute Gasteiger partial charge is 0.259 e. The van der Waals surface area contributed by atoms with E-state index in [4.69, 9.17) is 19.7 Å². The third-order valence-electron chi connectivity index (χ3n) is 4.87. The molecule has 150 valence electrons. The number of nitrogen functional groups attached to an aromatic ring is 1. The van der Waals surface area contributed by atoms with Crippen molar-refractivity contribution in [2.75, 3.05) is 36.8 Å². The highest BCUT2D eigenvalue weighted by Crippen LogP contribution is 2.20. The third-order valence-corrected chi connectivity index (χ3v) is 4.87. The minimum absolute atomic E-state index is 0.0840. The summed E-state index contributed by atoms with van der Waals surface area (Å²) in [5, 5.41) is 13.4. The average Bonchev–Trinajstić information content (AvgIpc) is 3.48. The fourth-order valence-corrected chi connectivity index (χ4v) is 3.36. The number of aliphatic hydroxyl groups excluding tert-OH is 1. The maximum absolute atomic E-state index is 9.12. The molecule has 5 heterocycles. The molecule has 0 saturated carbocycles. The maximum Gasteiger partial charge on any atom is 0.259 e. The molecule has 0 spiro atoms. The van der Waals surface area contributed by atoms with Gasteiger partial charge < -0.3 is 24.6 Å². The molecule has 11 heteroatoms. The molecular weight excluding hydrogens is 376 g/mol. The van der Waals surface area contributed by atoms with Crippen LogP contribution in [0.4, 0.5) is 11.9 Å². The second kappa shape index (κ2) is 7.18. The van der Waals surface area contributed by atoms with Crippen molar-refractivity contribution in [3.8, 4) is 11.6 Å². The van der Waals surface area contributed by atoms with Gasteiger partial charge in [0.25, 0.3) is 5.78 Å². The van der Waals surface area contributed by atoms with Crippen LogP contribution < -0.4 is 10.6 Å². The number of anilines is 2. The first-order chi connectivity index (χ1) is 14.2. The van der Waals surface area contributed by atoms with Gasteiger partial charge in [-0.3, -0.25) is 4.90 Å². The number of piperazine rings is 1. The number of rotatable bonds is 5. The zero-order valence-electron chi connectivity index (χ0n) is 15.6. The van der Waals surface area contributed by atoms with E-state index in [-0.39, 0.29) is 12.6 Å². The molecule has 29 heavy (non-hydrogen) atoms. The molecule has 0 amide bonds. The van der Waals surface area contributed by atoms with Crippen LogP contribution in [0.15, 0.2) is 39.4 Å². The third kappa shape index (κ3) is 3.41. The molecule has 1 saturated heterocycles. The van der Waals surface area contributed by atoms with Gasteiger partial charge in [0.1, 0.15) is 18.1 Å². The molecule has 0 aliphatic carbocycles. The van der Waals surface area contributed by atoms with Crippen LogP contribution in [0.2, 0.25) is 0 Å². The second-order valence-electron chi connectivity index (χ2n) is 6.80. The SMILES string of the molecule is Nc1nc(N2CCN(Cc3ccc(CO)o3)CC2)nc2nc(-c3ccco3)nn12. The van der Waals surface area contributed by atoms with E-state index in [1.165, 1.54) is 4.52 Å². The summed E-state index contributed by atoms with van der Waals surface area (Å²) in [6.07, 6.45) is 1.56. The van der Waals surface area contributed by atoms with E-state index in [2.05, 4.69) is 29.9 Å². The molecule has 4 aromatic heterocycles. The van der Waals surface area contributed by atoms with Crippen LogP contribution in [0.25, 0.3) is 17.4 Å². The zero-order valence-corrected chi connectivity index (χ0v) is 15.6. The van der Waals surface area contributed by atoms with E-state index in [9.17, 15) is 0 Å². The van der Waals surface area contributed by atoms with Crippen molar-refractivity contribution < 1.29 is 13.9 Å². The lowest BCUT2D eigenvalue weighted by molar-refractivity contribution is 0.211. The van der Waals surface area contributed by atoms with Crippen LogP contribution in [-0.4, -0.2) is 60.8 Å². The van der Waals surface area contributed by atoms with E-state index in [1.54, 1.807) is 24.5 Å². The lowest BCUT2D eigenvalue weighted by Gasteiger charge is -2.34. The van der Waals surface area contributed by atoms with Crippen molar-refractivity contribution in [3.63, 3.8) is 0 Å². The van der Waals surface area contributed by atoms with Crippen LogP contribution in [-0.2, 0) is 13.2 Å². The van der Waals surface area contributed by atoms with Crippen molar-refractivity contribution >= 4 is 17.7 Å². The summed E-state index contributed by atoms with van der Waals surface area (Å²) < 4.78 is 12.3. The number of hydrogen-bond acceptors (Lipinski definition) is 10. The summed E-state index contributed by atoms with van der Waals surface area (Å²) in [6, 6.07) is 7.25. The first kappa shape index (κ1) is 17.6. The molecule has 1 fully saturated rings. The van der Waals surface area contributed by atoms with Gasteiger partial charge in [0.15, 0.2) is 5.76 Å². The minimum atomic E-state index is -0.0840. The Balaban J connectivity index is 1.30. The fraction of sp³-hybridized carbons (Fsp3) is 0.333. The van der Waals surface area contributed by atoms with E-state index in [0.29, 0.717) is 35.6 Å². The van der Waals surface area contributed by atoms with Crippen molar-refractivity contribution in [1.82, 2.24) is 29.5 Å². The second-order valence-corrected chi connectivity index (χ2v) is 6.80. The number of nitrogens with zero attached hydrogens (tertiary/aromatic N) is 7. The quantitative estimate of drug-likeness (QED) is 0.498. The summed E-state index contributed by atoms with van der Waals surface area (Å²) in [5.41, 5.74) is 6.08. The summed E-state index contributed by atoms with van der Waals surface area (Å²) in [4.78, 5) is 17.7. The predicted molar refractivity (Wildman–Crippen MR) is 103 cm³/mol. The van der Waals surface area contributed by atoms with Crippen LogP contribution in [0.5, 0.6) is 0 Å². The molecule has 0 atom stereocenters. The zero-order chi connectivity index (χ0) is 19.8. The standard InChI is InChI=1S/C18H20N8O3/c19-16-21-17(22-18-20-15(23-26(16)18)14-2-1-9-28-14)25-7-5-24(6-8-25)10-12-3-4-13(11-27)29-12/h1-4,9,27H,5-8,10-11H2,(H2,19,20,21,22,23). The Labute approximate surface area is 165 Å². The normalized spacial score (nSPS) is 15.4. The molecule has 1 aliphatic heterocycles. The highest BCUT2D eigenvalue weighted by Gasteiger charge is 2.22. The molecule has 3 N–H and O–H groups in total. The van der Waals surface area contributed by atoms with Gasteiger partial charge in [-0.05, 0) is 24.3 Å². The Bertz CT molecular complexity index is 1110. The molecule has 0 radical (unpaired) electrons. The van der Waals surface area contributed by atoms with Crippen LogP contribution >= 0.6 is 0 Å². The molecule has 5 rings (SSSR count). The summed E-state index contributed by atoms with van der Waals surface area (Å²) >= 11 is 0. The molecule has 0 unspecified atom stereocenters. The molecule has 11 nitrogen and oxygen atoms in total. The van der Waals surface area contributed by atoms with Crippen LogP contribution in [0, 0.1) is 0 Å². The summed E-state index contributed by atoms with van der Waals surface area (Å²) in [5.74, 6) is 3.54. The average molecular weight is 396 g/mol. The van der Waals surface area contributed by atoms with E-state index in [1.807, 2.05) is 6.07 Å². The number of nitrogens with two attached hydrogens (primary N) is 1. The number of aromatic nitrogens is 5. The molecule has 1 aliphatic rings. The Morgan fingerprint density at radius 3 is 2.59 bits per heavy atom. The topological polar surface area (TPSA) is 135 Å².